The highest BCUT2D eigenvalue weighted by Gasteiger charge is 1.79. The predicted molar refractivity (Wildman–Crippen MR) is 36.7 cm³/mol. The van der Waals surface area contributed by atoms with Crippen LogP contribution in [0.25, 0.3) is 0 Å². The van der Waals surface area contributed by atoms with E-state index in [1.165, 1.54) is 0 Å². The van der Waals surface area contributed by atoms with Crippen LogP contribution in [0.5, 0.6) is 0 Å². The Morgan fingerprint density at radius 1 is 1.44 bits per heavy atom. The molecule has 0 amide bonds. The Balaban J connectivity index is 0. The summed E-state index contributed by atoms with van der Waals surface area (Å²) in [4.78, 5) is 0. The zero-order valence-corrected chi connectivity index (χ0v) is 6.70. The lowest BCUT2D eigenvalue weighted by Crippen LogP contribution is -1.86. The van der Waals surface area contributed by atoms with E-state index >= 15 is 0 Å². The topological polar surface area (TPSA) is 57.9 Å². The fraction of sp³-hybridized carbons (Fsp3) is 0.800. The van der Waals surface area contributed by atoms with Crippen LogP contribution >= 0.6 is 0 Å². The summed E-state index contributed by atoms with van der Waals surface area (Å²) in [6, 6.07) is 1.93. The number of rotatable bonds is 0. The van der Waals surface area contributed by atoms with Gasteiger partial charge in [0.25, 0.3) is 0 Å². The van der Waals surface area contributed by atoms with E-state index < -0.39 is 9.84 Å². The van der Waals surface area contributed by atoms with Gasteiger partial charge in [0, 0.05) is 18.9 Å². The van der Waals surface area contributed by atoms with Crippen LogP contribution in [0.1, 0.15) is 13.3 Å². The van der Waals surface area contributed by atoms with Crippen molar-refractivity contribution in [1.82, 2.24) is 0 Å². The van der Waals surface area contributed by atoms with Crippen molar-refractivity contribution in [3.63, 3.8) is 0 Å². The van der Waals surface area contributed by atoms with Crippen molar-refractivity contribution in [3.05, 3.63) is 0 Å². The molecule has 54 valence electrons. The molecule has 0 aliphatic rings. The average molecular weight is 149 g/mol. The fourth-order valence-corrected chi connectivity index (χ4v) is 0. The molecule has 0 N–H and O–H groups in total. The Hall–Kier alpha value is -0.560. The van der Waals surface area contributed by atoms with E-state index in [2.05, 4.69) is 0 Å². The van der Waals surface area contributed by atoms with Crippen molar-refractivity contribution in [3.8, 4) is 6.07 Å². The number of hydrogen-bond donors (Lipinski definition) is 0. The minimum absolute atomic E-state index is 0.625. The smallest absolute Gasteiger partial charge is 0.144 e. The molecule has 9 heavy (non-hydrogen) atoms. The second kappa shape index (κ2) is 5.57. The van der Waals surface area contributed by atoms with Gasteiger partial charge in [0.2, 0.25) is 0 Å². The minimum atomic E-state index is -2.67. The Morgan fingerprint density at radius 3 is 1.56 bits per heavy atom. The van der Waals surface area contributed by atoms with Crippen LogP contribution in [0.2, 0.25) is 0 Å². The van der Waals surface area contributed by atoms with Crippen molar-refractivity contribution in [1.29, 1.82) is 5.26 Å². The molecule has 0 atom stereocenters. The first-order chi connectivity index (χ1) is 3.91. The van der Waals surface area contributed by atoms with Gasteiger partial charge in [-0.15, -0.1) is 0 Å². The van der Waals surface area contributed by atoms with Crippen molar-refractivity contribution >= 4 is 9.84 Å². The van der Waals surface area contributed by atoms with Crippen molar-refractivity contribution in [2.75, 3.05) is 12.5 Å². The van der Waals surface area contributed by atoms with E-state index in [9.17, 15) is 8.42 Å². The van der Waals surface area contributed by atoms with Gasteiger partial charge in [-0.2, -0.15) is 5.26 Å². The van der Waals surface area contributed by atoms with Crippen molar-refractivity contribution in [2.24, 2.45) is 0 Å². The molecule has 0 spiro atoms. The molecule has 0 rings (SSSR count). The van der Waals surface area contributed by atoms with Crippen LogP contribution in [0.4, 0.5) is 0 Å². The summed E-state index contributed by atoms with van der Waals surface area (Å²) >= 11 is 0. The van der Waals surface area contributed by atoms with E-state index in [0.29, 0.717) is 6.42 Å². The average Bonchev–Trinajstić information content (AvgIpc) is 1.61. The zero-order chi connectivity index (χ0) is 7.91. The Kier molecular flexibility index (Phi) is 6.98. The van der Waals surface area contributed by atoms with Gasteiger partial charge < -0.3 is 0 Å². The third kappa shape index (κ3) is 1140. The molecule has 0 radical (unpaired) electrons. The number of hydrogen-bond acceptors (Lipinski definition) is 3. The summed E-state index contributed by atoms with van der Waals surface area (Å²) < 4.78 is 19.3. The molecule has 3 nitrogen and oxygen atoms in total. The Bertz CT molecular complexity index is 168. The second-order valence-electron chi connectivity index (χ2n) is 1.65. The summed E-state index contributed by atoms with van der Waals surface area (Å²) in [6.07, 6.45) is 2.94. The maximum atomic E-state index is 9.63. The molecule has 0 aliphatic carbocycles. The van der Waals surface area contributed by atoms with Gasteiger partial charge in [-0.1, -0.05) is 6.92 Å². The van der Waals surface area contributed by atoms with Gasteiger partial charge in [-0.25, -0.2) is 8.42 Å². The lowest BCUT2D eigenvalue weighted by molar-refractivity contribution is 0.607. The number of nitriles is 1. The minimum Gasteiger partial charge on any atom is -0.229 e. The Labute approximate surface area is 56.2 Å². The van der Waals surface area contributed by atoms with Crippen LogP contribution in [0, 0.1) is 11.3 Å². The van der Waals surface area contributed by atoms with Gasteiger partial charge in [0.1, 0.15) is 9.84 Å². The van der Waals surface area contributed by atoms with Gasteiger partial charge in [-0.05, 0) is 0 Å². The first-order valence-electron chi connectivity index (χ1n) is 2.43. The molecule has 0 aliphatic heterocycles. The fourth-order valence-electron chi connectivity index (χ4n) is 0. The third-order valence-corrected chi connectivity index (χ3v) is 0.158. The van der Waals surface area contributed by atoms with Crippen LogP contribution in [0.3, 0.4) is 0 Å². The molecule has 0 bridgehead atoms. The van der Waals surface area contributed by atoms with Crippen LogP contribution in [-0.4, -0.2) is 20.9 Å². The van der Waals surface area contributed by atoms with E-state index in [1.54, 1.807) is 0 Å². The molecule has 0 aromatic rings. The lowest BCUT2D eigenvalue weighted by Gasteiger charge is -1.69. The largest absolute Gasteiger partial charge is 0.229 e. The van der Waals surface area contributed by atoms with Gasteiger partial charge in [0.15, 0.2) is 0 Å². The third-order valence-electron chi connectivity index (χ3n) is 0.158. The maximum absolute atomic E-state index is 9.63. The van der Waals surface area contributed by atoms with Crippen molar-refractivity contribution in [2.45, 2.75) is 13.3 Å². The molecule has 0 saturated heterocycles. The van der Waals surface area contributed by atoms with Crippen LogP contribution in [0.15, 0.2) is 0 Å². The van der Waals surface area contributed by atoms with Crippen LogP contribution < -0.4 is 0 Å². The molecular formula is C5H11NO2S. The molecule has 0 aromatic heterocycles. The molecular weight excluding hydrogens is 138 g/mol. The quantitative estimate of drug-likeness (QED) is 0.506. The van der Waals surface area contributed by atoms with E-state index in [0.717, 1.165) is 12.5 Å². The van der Waals surface area contributed by atoms with E-state index in [-0.39, 0.29) is 0 Å². The van der Waals surface area contributed by atoms with Gasteiger partial charge in [-0.3, -0.25) is 0 Å². The summed E-state index contributed by atoms with van der Waals surface area (Å²) in [5.41, 5.74) is 0. The SMILES string of the molecule is CCC#N.CS(C)(=O)=O. The highest BCUT2D eigenvalue weighted by atomic mass is 32.2. The van der Waals surface area contributed by atoms with E-state index in [1.807, 2.05) is 13.0 Å². The number of sulfone groups is 1. The van der Waals surface area contributed by atoms with Crippen molar-refractivity contribution < 1.29 is 8.42 Å². The molecule has 0 aromatic carbocycles. The zero-order valence-electron chi connectivity index (χ0n) is 5.88. The second-order valence-corrected chi connectivity index (χ2v) is 3.94. The molecule has 0 fully saturated rings. The van der Waals surface area contributed by atoms with Gasteiger partial charge >= 0.3 is 0 Å². The standard InChI is InChI=1S/C3H5N.C2H6O2S/c1-2-3-4;1-5(2,3)4/h2H2,1H3;1-2H3. The summed E-state index contributed by atoms with van der Waals surface area (Å²) in [7, 11) is -2.67. The highest BCUT2D eigenvalue weighted by molar-refractivity contribution is 7.89. The van der Waals surface area contributed by atoms with Crippen LogP contribution in [-0.2, 0) is 9.84 Å². The normalized spacial score (nSPS) is 8.67. The monoisotopic (exact) mass is 149 g/mol. The number of nitrogens with zero attached hydrogens (tertiary/aromatic N) is 1. The molecule has 4 heteroatoms. The summed E-state index contributed by atoms with van der Waals surface area (Å²) in [6.45, 7) is 1.82. The first-order valence-corrected chi connectivity index (χ1v) is 4.73. The molecule has 0 heterocycles. The molecule has 0 unspecified atom stereocenters. The summed E-state index contributed by atoms with van der Waals surface area (Å²) in [5, 5.41) is 7.62. The molecule has 0 saturated carbocycles. The summed E-state index contributed by atoms with van der Waals surface area (Å²) in [5.74, 6) is 0. The Morgan fingerprint density at radius 2 is 1.56 bits per heavy atom. The lowest BCUT2D eigenvalue weighted by atomic mass is 10.6. The predicted octanol–water partition coefficient (Wildman–Crippen LogP) is 0.581. The van der Waals surface area contributed by atoms with E-state index in [4.69, 9.17) is 5.26 Å². The highest BCUT2D eigenvalue weighted by Crippen LogP contribution is 1.61. The van der Waals surface area contributed by atoms with Gasteiger partial charge in [0.05, 0.1) is 6.07 Å². The first kappa shape index (κ1) is 11.3. The maximum Gasteiger partial charge on any atom is 0.144 e.